The zero-order valence-corrected chi connectivity index (χ0v) is 20.7. The van der Waals surface area contributed by atoms with Crippen LogP contribution >= 0.6 is 22.7 Å². The van der Waals surface area contributed by atoms with Gasteiger partial charge < -0.3 is 17.2 Å². The topological polar surface area (TPSA) is 150 Å². The van der Waals surface area contributed by atoms with Crippen molar-refractivity contribution in [3.05, 3.63) is 32.0 Å². The quantitative estimate of drug-likeness (QED) is 0.450. The van der Waals surface area contributed by atoms with Crippen molar-refractivity contribution in [2.45, 2.75) is 77.0 Å². The highest BCUT2D eigenvalue weighted by Gasteiger charge is 2.35. The van der Waals surface area contributed by atoms with E-state index in [0.717, 1.165) is 72.2 Å². The van der Waals surface area contributed by atoms with Gasteiger partial charge in [0.05, 0.1) is 11.1 Å². The Morgan fingerprint density at radius 2 is 1.12 bits per heavy atom. The number of hydrogen-bond donors (Lipinski definition) is 3. The van der Waals surface area contributed by atoms with Gasteiger partial charge in [0.15, 0.2) is 0 Å². The lowest BCUT2D eigenvalue weighted by Gasteiger charge is -2.22. The molecule has 0 aliphatic heterocycles. The van der Waals surface area contributed by atoms with E-state index in [9.17, 15) is 19.2 Å². The molecule has 4 amide bonds. The number of thiophene rings is 2. The smallest absolute Gasteiger partial charge is 0.252 e. The summed E-state index contributed by atoms with van der Waals surface area (Å²) in [4.78, 5) is 53.7. The molecule has 34 heavy (non-hydrogen) atoms. The monoisotopic (exact) mass is 502 g/mol. The number of primary amides is 3. The second-order valence-corrected chi connectivity index (χ2v) is 11.1. The zero-order chi connectivity index (χ0) is 24.4. The Morgan fingerprint density at radius 1 is 0.676 bits per heavy atom. The zero-order valence-electron chi connectivity index (χ0n) is 19.1. The summed E-state index contributed by atoms with van der Waals surface area (Å²) in [5, 5.41) is 0.973. The first-order valence-electron chi connectivity index (χ1n) is 11.8. The molecule has 182 valence electrons. The normalized spacial score (nSPS) is 14.8. The number of nitrogens with two attached hydrogens (primary N) is 3. The van der Waals surface area contributed by atoms with Crippen molar-refractivity contribution in [2.75, 3.05) is 4.90 Å². The van der Waals surface area contributed by atoms with Gasteiger partial charge in [0.1, 0.15) is 10.0 Å². The Balaban J connectivity index is 1.83. The van der Waals surface area contributed by atoms with Crippen LogP contribution < -0.4 is 22.1 Å². The molecular formula is C24H30N4O4S2. The SMILES string of the molecule is NC(=O)CCCCC(=O)N(c1sc2c(c1C(N)=O)CCCC2)c1sc2c(c1C(N)=O)CCCC2. The second kappa shape index (κ2) is 10.3. The summed E-state index contributed by atoms with van der Waals surface area (Å²) in [5.41, 5.74) is 19.5. The Kier molecular flexibility index (Phi) is 7.37. The average molecular weight is 503 g/mol. The van der Waals surface area contributed by atoms with E-state index in [4.69, 9.17) is 17.2 Å². The third kappa shape index (κ3) is 4.74. The van der Waals surface area contributed by atoms with Gasteiger partial charge in [0.2, 0.25) is 11.8 Å². The van der Waals surface area contributed by atoms with Crippen LogP contribution in [-0.4, -0.2) is 23.6 Å². The summed E-state index contributed by atoms with van der Waals surface area (Å²) in [6.45, 7) is 0. The molecule has 0 spiro atoms. The summed E-state index contributed by atoms with van der Waals surface area (Å²) in [6.07, 6.45) is 8.43. The summed E-state index contributed by atoms with van der Waals surface area (Å²) in [6, 6.07) is 0. The molecule has 10 heteroatoms. The molecule has 2 aliphatic rings. The lowest BCUT2D eigenvalue weighted by atomic mass is 9.94. The molecule has 0 saturated carbocycles. The van der Waals surface area contributed by atoms with Crippen molar-refractivity contribution in [3.63, 3.8) is 0 Å². The first-order valence-corrected chi connectivity index (χ1v) is 13.4. The fraction of sp³-hybridized carbons (Fsp3) is 0.500. The number of aryl methyl sites for hydroxylation is 2. The maximum absolute atomic E-state index is 13.7. The first-order chi connectivity index (χ1) is 16.3. The van der Waals surface area contributed by atoms with Crippen molar-refractivity contribution in [1.82, 2.24) is 0 Å². The number of carbonyl (C=O) groups is 4. The average Bonchev–Trinajstić information content (AvgIpc) is 3.35. The highest BCUT2D eigenvalue weighted by atomic mass is 32.1. The minimum atomic E-state index is -0.567. The van der Waals surface area contributed by atoms with Crippen molar-refractivity contribution < 1.29 is 19.2 Å². The van der Waals surface area contributed by atoms with Crippen molar-refractivity contribution >= 4 is 56.3 Å². The van der Waals surface area contributed by atoms with E-state index >= 15 is 0 Å². The van der Waals surface area contributed by atoms with E-state index in [1.165, 1.54) is 27.6 Å². The molecule has 0 fully saturated rings. The molecule has 0 aromatic carbocycles. The van der Waals surface area contributed by atoms with E-state index in [1.807, 2.05) is 0 Å². The van der Waals surface area contributed by atoms with E-state index in [-0.39, 0.29) is 18.7 Å². The molecule has 2 aromatic rings. The third-order valence-electron chi connectivity index (χ3n) is 6.52. The minimum absolute atomic E-state index is 0.148. The van der Waals surface area contributed by atoms with Gasteiger partial charge in [-0.1, -0.05) is 0 Å². The van der Waals surface area contributed by atoms with Crippen LogP contribution in [0.4, 0.5) is 10.0 Å². The lowest BCUT2D eigenvalue weighted by molar-refractivity contribution is -0.119. The molecule has 0 unspecified atom stereocenters. The molecule has 2 aliphatic carbocycles. The molecule has 6 N–H and O–H groups in total. The minimum Gasteiger partial charge on any atom is -0.370 e. The van der Waals surface area contributed by atoms with Gasteiger partial charge in [0, 0.05) is 22.6 Å². The Hall–Kier alpha value is -2.72. The standard InChI is InChI=1S/C24H30N4O4S2/c25-17(29)11-5-6-12-18(30)28(23-19(21(26)31)13-7-1-3-9-15(13)33-23)24-20(22(27)32)14-8-2-4-10-16(14)34-24/h1-12H2,(H2,25,29)(H2,26,31)(H2,27,32). The van der Waals surface area contributed by atoms with Gasteiger partial charge in [0.25, 0.3) is 11.8 Å². The Labute approximate surface area is 206 Å². The van der Waals surface area contributed by atoms with Crippen LogP contribution in [0.3, 0.4) is 0 Å². The van der Waals surface area contributed by atoms with E-state index in [2.05, 4.69) is 0 Å². The number of nitrogens with zero attached hydrogens (tertiary/aromatic N) is 1. The molecule has 0 radical (unpaired) electrons. The van der Waals surface area contributed by atoms with Crippen LogP contribution in [0.25, 0.3) is 0 Å². The number of fused-ring (bicyclic) bond motifs is 2. The third-order valence-corrected chi connectivity index (χ3v) is 9.07. The number of unbranched alkanes of at least 4 members (excludes halogenated alkanes) is 1. The second-order valence-electron chi connectivity index (χ2n) is 8.91. The van der Waals surface area contributed by atoms with Crippen LogP contribution in [0.15, 0.2) is 0 Å². The van der Waals surface area contributed by atoms with Crippen LogP contribution in [0.5, 0.6) is 0 Å². The van der Waals surface area contributed by atoms with Crippen LogP contribution in [0.1, 0.15) is 93.0 Å². The molecular weight excluding hydrogens is 472 g/mol. The van der Waals surface area contributed by atoms with Crippen LogP contribution in [0, 0.1) is 0 Å². The summed E-state index contributed by atoms with van der Waals surface area (Å²) in [5.74, 6) is -1.79. The maximum atomic E-state index is 13.7. The molecule has 0 saturated heterocycles. The molecule has 8 nitrogen and oxygen atoms in total. The molecule has 2 aromatic heterocycles. The number of hydrogen-bond acceptors (Lipinski definition) is 6. The van der Waals surface area contributed by atoms with Gasteiger partial charge in [-0.05, 0) is 75.3 Å². The van der Waals surface area contributed by atoms with Crippen molar-refractivity contribution in [3.8, 4) is 0 Å². The van der Waals surface area contributed by atoms with Gasteiger partial charge in [-0.25, -0.2) is 0 Å². The van der Waals surface area contributed by atoms with E-state index < -0.39 is 17.7 Å². The van der Waals surface area contributed by atoms with E-state index in [0.29, 0.717) is 34.0 Å². The summed E-state index contributed by atoms with van der Waals surface area (Å²) >= 11 is 2.83. The maximum Gasteiger partial charge on any atom is 0.252 e. The van der Waals surface area contributed by atoms with E-state index in [1.54, 1.807) is 0 Å². The number of amides is 4. The van der Waals surface area contributed by atoms with Gasteiger partial charge >= 0.3 is 0 Å². The predicted molar refractivity (Wildman–Crippen MR) is 134 cm³/mol. The predicted octanol–water partition coefficient (Wildman–Crippen LogP) is 3.48. The molecule has 0 atom stereocenters. The van der Waals surface area contributed by atoms with Gasteiger partial charge in [-0.3, -0.25) is 24.1 Å². The lowest BCUT2D eigenvalue weighted by Crippen LogP contribution is -2.29. The van der Waals surface area contributed by atoms with Crippen LogP contribution in [0.2, 0.25) is 0 Å². The van der Waals surface area contributed by atoms with Crippen LogP contribution in [-0.2, 0) is 35.3 Å². The summed E-state index contributed by atoms with van der Waals surface area (Å²) < 4.78 is 0. The Bertz CT molecular complexity index is 1080. The van der Waals surface area contributed by atoms with Crippen molar-refractivity contribution in [2.24, 2.45) is 17.2 Å². The van der Waals surface area contributed by atoms with Gasteiger partial charge in [-0.2, -0.15) is 0 Å². The Morgan fingerprint density at radius 3 is 1.56 bits per heavy atom. The van der Waals surface area contributed by atoms with Crippen molar-refractivity contribution in [1.29, 1.82) is 0 Å². The number of anilines is 2. The van der Waals surface area contributed by atoms with Gasteiger partial charge in [-0.15, -0.1) is 22.7 Å². The fourth-order valence-corrected chi connectivity index (χ4v) is 7.82. The largest absolute Gasteiger partial charge is 0.370 e. The highest BCUT2D eigenvalue weighted by molar-refractivity contribution is 7.19. The summed E-state index contributed by atoms with van der Waals surface area (Å²) in [7, 11) is 0. The first kappa shape index (κ1) is 24.4. The molecule has 0 bridgehead atoms. The molecule has 2 heterocycles. The number of carbonyl (C=O) groups excluding carboxylic acids is 4. The highest BCUT2D eigenvalue weighted by Crippen LogP contribution is 2.48. The fourth-order valence-electron chi connectivity index (χ4n) is 4.93. The number of rotatable bonds is 9. The molecule has 4 rings (SSSR count).